The summed E-state index contributed by atoms with van der Waals surface area (Å²) in [4.78, 5) is 20.5. The molecule has 2 aliphatic heterocycles. The van der Waals surface area contributed by atoms with E-state index in [2.05, 4.69) is 22.1 Å². The van der Waals surface area contributed by atoms with Gasteiger partial charge in [-0.2, -0.15) is 0 Å². The quantitative estimate of drug-likeness (QED) is 0.800. The molecule has 2 saturated heterocycles. The summed E-state index contributed by atoms with van der Waals surface area (Å²) in [6, 6.07) is 0.672. The molecule has 134 valence electrons. The first-order valence-corrected chi connectivity index (χ1v) is 10.1. The van der Waals surface area contributed by atoms with Crippen LogP contribution in [-0.2, 0) is 16.0 Å². The Kier molecular flexibility index (Phi) is 6.63. The summed E-state index contributed by atoms with van der Waals surface area (Å²) in [7, 11) is 0. The summed E-state index contributed by atoms with van der Waals surface area (Å²) < 4.78 is 5.44. The number of nitrogens with zero attached hydrogens (tertiary/aromatic N) is 2. The van der Waals surface area contributed by atoms with E-state index in [0.717, 1.165) is 77.1 Å². The molecule has 3 heterocycles. The van der Waals surface area contributed by atoms with Crippen LogP contribution in [0.2, 0.25) is 0 Å². The molecule has 3 rings (SSSR count). The molecule has 0 unspecified atom stereocenters. The number of carbonyl (C=O) groups excluding carboxylic acids is 1. The summed E-state index contributed by atoms with van der Waals surface area (Å²) in [5, 5.41) is 3.14. The molecule has 5 nitrogen and oxygen atoms in total. The number of piperidine rings is 1. The number of aryl methyl sites for hydroxylation is 2. The Hall–Kier alpha value is -0.980. The molecule has 0 radical (unpaired) electrons. The zero-order valence-electron chi connectivity index (χ0n) is 14.6. The molecule has 0 bridgehead atoms. The monoisotopic (exact) mass is 351 g/mol. The minimum absolute atomic E-state index is 0.200. The molecule has 2 fully saturated rings. The maximum absolute atomic E-state index is 12.3. The van der Waals surface area contributed by atoms with Gasteiger partial charge in [-0.25, -0.2) is 4.98 Å². The standard InChI is InChI=1S/C18H29N3O2S/c1-14-17(24-13-20-14)3-2-8-19-18(22)15-4-9-21(10-5-15)16-6-11-23-12-7-16/h13,15-16H,2-12H2,1H3,(H,19,22). The molecule has 1 aromatic heterocycles. The molecule has 0 spiro atoms. The van der Waals surface area contributed by atoms with Gasteiger partial charge in [0.2, 0.25) is 5.91 Å². The fourth-order valence-corrected chi connectivity index (χ4v) is 4.57. The lowest BCUT2D eigenvalue weighted by molar-refractivity contribution is -0.126. The van der Waals surface area contributed by atoms with E-state index in [9.17, 15) is 4.79 Å². The summed E-state index contributed by atoms with van der Waals surface area (Å²) in [5.41, 5.74) is 3.03. The normalized spacial score (nSPS) is 21.0. The van der Waals surface area contributed by atoms with Crippen molar-refractivity contribution >= 4 is 17.2 Å². The van der Waals surface area contributed by atoms with Crippen molar-refractivity contribution < 1.29 is 9.53 Å². The first kappa shape index (κ1) is 17.8. The predicted molar refractivity (Wildman–Crippen MR) is 96.3 cm³/mol. The highest BCUT2D eigenvalue weighted by molar-refractivity contribution is 7.09. The van der Waals surface area contributed by atoms with Crippen molar-refractivity contribution in [1.82, 2.24) is 15.2 Å². The number of amides is 1. The summed E-state index contributed by atoms with van der Waals surface area (Å²) >= 11 is 1.71. The van der Waals surface area contributed by atoms with E-state index in [1.807, 2.05) is 5.51 Å². The third-order valence-electron chi connectivity index (χ3n) is 5.33. The van der Waals surface area contributed by atoms with E-state index in [4.69, 9.17) is 4.74 Å². The van der Waals surface area contributed by atoms with Gasteiger partial charge >= 0.3 is 0 Å². The van der Waals surface area contributed by atoms with Crippen LogP contribution in [0, 0.1) is 12.8 Å². The highest BCUT2D eigenvalue weighted by Crippen LogP contribution is 2.23. The van der Waals surface area contributed by atoms with E-state index in [-0.39, 0.29) is 11.8 Å². The fourth-order valence-electron chi connectivity index (χ4n) is 3.75. The topological polar surface area (TPSA) is 54.5 Å². The Labute approximate surface area is 148 Å². The lowest BCUT2D eigenvalue weighted by atomic mass is 9.93. The van der Waals surface area contributed by atoms with Gasteiger partial charge in [0.1, 0.15) is 0 Å². The van der Waals surface area contributed by atoms with Gasteiger partial charge in [0.25, 0.3) is 0 Å². The average molecular weight is 352 g/mol. The van der Waals surface area contributed by atoms with Crippen molar-refractivity contribution in [2.24, 2.45) is 5.92 Å². The second-order valence-electron chi connectivity index (χ2n) is 6.91. The molecule has 1 amide bonds. The number of hydrogen-bond donors (Lipinski definition) is 1. The van der Waals surface area contributed by atoms with Gasteiger partial charge in [0.15, 0.2) is 0 Å². The number of hydrogen-bond acceptors (Lipinski definition) is 5. The third-order valence-corrected chi connectivity index (χ3v) is 6.33. The molecule has 0 saturated carbocycles. The van der Waals surface area contributed by atoms with Crippen LogP contribution in [0.3, 0.4) is 0 Å². The second kappa shape index (κ2) is 8.92. The average Bonchev–Trinajstić information content (AvgIpc) is 3.04. The van der Waals surface area contributed by atoms with Crippen LogP contribution in [0.5, 0.6) is 0 Å². The van der Waals surface area contributed by atoms with Crippen molar-refractivity contribution in [2.45, 2.75) is 51.5 Å². The number of ether oxygens (including phenoxy) is 1. The number of rotatable bonds is 6. The molecular weight excluding hydrogens is 322 g/mol. The Morgan fingerprint density at radius 3 is 2.75 bits per heavy atom. The lowest BCUT2D eigenvalue weighted by Crippen LogP contribution is -2.46. The van der Waals surface area contributed by atoms with Crippen LogP contribution < -0.4 is 5.32 Å². The molecule has 0 aromatic carbocycles. The SMILES string of the molecule is Cc1ncsc1CCCNC(=O)C1CCN(C2CCOCC2)CC1. The van der Waals surface area contributed by atoms with Crippen LogP contribution in [0.1, 0.15) is 42.7 Å². The Morgan fingerprint density at radius 2 is 2.08 bits per heavy atom. The smallest absolute Gasteiger partial charge is 0.223 e. The van der Waals surface area contributed by atoms with E-state index >= 15 is 0 Å². The number of thiazole rings is 1. The minimum Gasteiger partial charge on any atom is -0.381 e. The van der Waals surface area contributed by atoms with Gasteiger partial charge in [-0.15, -0.1) is 11.3 Å². The minimum atomic E-state index is 0.200. The fraction of sp³-hybridized carbons (Fsp3) is 0.778. The van der Waals surface area contributed by atoms with Gasteiger partial charge in [0.05, 0.1) is 11.2 Å². The van der Waals surface area contributed by atoms with Crippen LogP contribution in [0.25, 0.3) is 0 Å². The van der Waals surface area contributed by atoms with Gasteiger partial charge in [-0.1, -0.05) is 0 Å². The van der Waals surface area contributed by atoms with Crippen LogP contribution >= 0.6 is 11.3 Å². The first-order chi connectivity index (χ1) is 11.7. The molecule has 24 heavy (non-hydrogen) atoms. The van der Waals surface area contributed by atoms with Crippen molar-refractivity contribution in [2.75, 3.05) is 32.8 Å². The zero-order valence-corrected chi connectivity index (χ0v) is 15.4. The van der Waals surface area contributed by atoms with Crippen LogP contribution in [0.4, 0.5) is 0 Å². The largest absolute Gasteiger partial charge is 0.381 e. The molecule has 1 N–H and O–H groups in total. The number of carbonyl (C=O) groups is 1. The van der Waals surface area contributed by atoms with Gasteiger partial charge in [-0.3, -0.25) is 4.79 Å². The van der Waals surface area contributed by atoms with E-state index in [0.29, 0.717) is 6.04 Å². The lowest BCUT2D eigenvalue weighted by Gasteiger charge is -2.38. The first-order valence-electron chi connectivity index (χ1n) is 9.22. The van der Waals surface area contributed by atoms with Crippen molar-refractivity contribution in [3.05, 3.63) is 16.1 Å². The van der Waals surface area contributed by atoms with E-state index < -0.39 is 0 Å². The summed E-state index contributed by atoms with van der Waals surface area (Å²) in [6.07, 6.45) is 6.30. The molecule has 2 aliphatic rings. The molecule has 0 atom stereocenters. The van der Waals surface area contributed by atoms with Gasteiger partial charge in [-0.05, 0) is 58.5 Å². The molecule has 1 aromatic rings. The highest BCUT2D eigenvalue weighted by atomic mass is 32.1. The summed E-state index contributed by atoms with van der Waals surface area (Å²) in [6.45, 7) is 6.73. The van der Waals surface area contributed by atoms with Crippen molar-refractivity contribution in [1.29, 1.82) is 0 Å². The summed E-state index contributed by atoms with van der Waals surface area (Å²) in [5.74, 6) is 0.453. The van der Waals surface area contributed by atoms with Crippen LogP contribution in [-0.4, -0.2) is 54.7 Å². The predicted octanol–water partition coefficient (Wildman–Crippen LogP) is 2.39. The van der Waals surface area contributed by atoms with Gasteiger partial charge < -0.3 is 15.0 Å². The third kappa shape index (κ3) is 4.77. The van der Waals surface area contributed by atoms with E-state index in [1.54, 1.807) is 11.3 Å². The van der Waals surface area contributed by atoms with Crippen molar-refractivity contribution in [3.63, 3.8) is 0 Å². The zero-order chi connectivity index (χ0) is 16.8. The number of likely N-dealkylation sites (tertiary alicyclic amines) is 1. The molecule has 0 aliphatic carbocycles. The molecule has 6 heteroatoms. The Balaban J connectivity index is 1.32. The number of aromatic nitrogens is 1. The van der Waals surface area contributed by atoms with Crippen LogP contribution in [0.15, 0.2) is 5.51 Å². The Bertz CT molecular complexity index is 520. The van der Waals surface area contributed by atoms with Crippen molar-refractivity contribution in [3.8, 4) is 0 Å². The molecular formula is C18H29N3O2S. The highest BCUT2D eigenvalue weighted by Gasteiger charge is 2.29. The maximum Gasteiger partial charge on any atom is 0.223 e. The maximum atomic E-state index is 12.3. The number of nitrogens with one attached hydrogen (secondary N) is 1. The Morgan fingerprint density at radius 1 is 1.33 bits per heavy atom. The van der Waals surface area contributed by atoms with Gasteiger partial charge in [0, 0.05) is 36.6 Å². The second-order valence-corrected chi connectivity index (χ2v) is 7.85. The van der Waals surface area contributed by atoms with E-state index in [1.165, 1.54) is 4.88 Å².